The number of para-hydroxylation sites is 1. The number of fused-ring (bicyclic) bond motifs is 1. The second-order valence-electron chi connectivity index (χ2n) is 7.16. The summed E-state index contributed by atoms with van der Waals surface area (Å²) in [5.74, 6) is 1.13. The standard InChI is InChI=1S/C24H25N3O3.ClH/c1-29-23-13-18(14-26-16-19-5-4-11-25-15-19)8-9-22(23)30-17-24(28)27-12-10-20-6-2-3-7-21(20)27;/h2-9,11,13,15,26H,10,12,14,16-17H2,1H3;1H. The number of nitrogens with zero attached hydrogens (tertiary/aromatic N) is 2. The molecule has 1 amide bonds. The van der Waals surface area contributed by atoms with E-state index in [-0.39, 0.29) is 24.9 Å². The van der Waals surface area contributed by atoms with Crippen LogP contribution >= 0.6 is 12.4 Å². The molecule has 31 heavy (non-hydrogen) atoms. The van der Waals surface area contributed by atoms with Gasteiger partial charge in [0.1, 0.15) is 0 Å². The first-order valence-corrected chi connectivity index (χ1v) is 10.0. The summed E-state index contributed by atoms with van der Waals surface area (Å²) in [5, 5.41) is 3.39. The molecule has 0 unspecified atom stereocenters. The molecule has 2 aromatic carbocycles. The second-order valence-corrected chi connectivity index (χ2v) is 7.16. The number of ether oxygens (including phenoxy) is 2. The van der Waals surface area contributed by atoms with Crippen LogP contribution in [0.15, 0.2) is 67.0 Å². The van der Waals surface area contributed by atoms with Gasteiger partial charge in [0, 0.05) is 37.7 Å². The smallest absolute Gasteiger partial charge is 0.264 e. The molecule has 0 saturated heterocycles. The van der Waals surface area contributed by atoms with Gasteiger partial charge in [0.15, 0.2) is 18.1 Å². The van der Waals surface area contributed by atoms with Crippen molar-refractivity contribution in [2.45, 2.75) is 19.5 Å². The van der Waals surface area contributed by atoms with Gasteiger partial charge in [0.25, 0.3) is 5.91 Å². The molecular formula is C24H26ClN3O3. The Morgan fingerprint density at radius 3 is 2.71 bits per heavy atom. The maximum atomic E-state index is 12.7. The van der Waals surface area contributed by atoms with Crippen molar-refractivity contribution >= 4 is 24.0 Å². The molecule has 0 aliphatic carbocycles. The third kappa shape index (κ3) is 5.54. The Morgan fingerprint density at radius 1 is 1.06 bits per heavy atom. The molecule has 1 aliphatic rings. The highest BCUT2D eigenvalue weighted by molar-refractivity contribution is 5.96. The van der Waals surface area contributed by atoms with Crippen molar-refractivity contribution in [1.82, 2.24) is 10.3 Å². The van der Waals surface area contributed by atoms with Crippen LogP contribution in [0.4, 0.5) is 5.69 Å². The SMILES string of the molecule is COc1cc(CNCc2cccnc2)ccc1OCC(=O)N1CCc2ccccc21.Cl. The van der Waals surface area contributed by atoms with Crippen molar-refractivity contribution in [2.75, 3.05) is 25.2 Å². The first-order valence-electron chi connectivity index (χ1n) is 10.0. The molecule has 1 N–H and O–H groups in total. The number of rotatable bonds is 8. The number of methoxy groups -OCH3 is 1. The number of carbonyl (C=O) groups is 1. The number of aromatic nitrogens is 1. The molecule has 0 fully saturated rings. The van der Waals surface area contributed by atoms with Crippen LogP contribution in [0.3, 0.4) is 0 Å². The van der Waals surface area contributed by atoms with Crippen LogP contribution in [0.25, 0.3) is 0 Å². The summed E-state index contributed by atoms with van der Waals surface area (Å²) < 4.78 is 11.3. The van der Waals surface area contributed by atoms with Gasteiger partial charge in [-0.2, -0.15) is 0 Å². The van der Waals surface area contributed by atoms with Crippen molar-refractivity contribution in [3.63, 3.8) is 0 Å². The number of benzene rings is 2. The molecule has 162 valence electrons. The van der Waals surface area contributed by atoms with Crippen LogP contribution < -0.4 is 19.7 Å². The second kappa shape index (κ2) is 10.8. The van der Waals surface area contributed by atoms with Crippen LogP contribution in [0.1, 0.15) is 16.7 Å². The summed E-state index contributed by atoms with van der Waals surface area (Å²) in [4.78, 5) is 18.6. The van der Waals surface area contributed by atoms with Crippen LogP contribution in [0, 0.1) is 0 Å². The predicted molar refractivity (Wildman–Crippen MR) is 123 cm³/mol. The highest BCUT2D eigenvalue weighted by Gasteiger charge is 2.24. The van der Waals surface area contributed by atoms with Gasteiger partial charge in [-0.1, -0.05) is 30.3 Å². The Kier molecular flexibility index (Phi) is 7.87. The molecule has 1 aliphatic heterocycles. The van der Waals surface area contributed by atoms with Gasteiger partial charge in [0.05, 0.1) is 7.11 Å². The first-order chi connectivity index (χ1) is 14.7. The van der Waals surface area contributed by atoms with Gasteiger partial charge in [-0.25, -0.2) is 0 Å². The number of pyridine rings is 1. The Morgan fingerprint density at radius 2 is 1.90 bits per heavy atom. The number of nitrogens with one attached hydrogen (secondary N) is 1. The summed E-state index contributed by atoms with van der Waals surface area (Å²) >= 11 is 0. The Bertz CT molecular complexity index is 1010. The average Bonchev–Trinajstić information content (AvgIpc) is 3.23. The van der Waals surface area contributed by atoms with E-state index < -0.39 is 0 Å². The highest BCUT2D eigenvalue weighted by Crippen LogP contribution is 2.30. The van der Waals surface area contributed by atoms with E-state index in [1.807, 2.05) is 54.7 Å². The number of halogens is 1. The van der Waals surface area contributed by atoms with E-state index in [4.69, 9.17) is 9.47 Å². The fourth-order valence-corrected chi connectivity index (χ4v) is 3.61. The van der Waals surface area contributed by atoms with Crippen molar-refractivity contribution in [3.05, 3.63) is 83.7 Å². The molecule has 0 saturated carbocycles. The third-order valence-corrected chi connectivity index (χ3v) is 5.15. The molecule has 6 nitrogen and oxygen atoms in total. The predicted octanol–water partition coefficient (Wildman–Crippen LogP) is 3.77. The molecule has 2 heterocycles. The lowest BCUT2D eigenvalue weighted by Crippen LogP contribution is -2.33. The summed E-state index contributed by atoms with van der Waals surface area (Å²) in [7, 11) is 1.60. The Hall–Kier alpha value is -3.09. The zero-order chi connectivity index (χ0) is 20.8. The zero-order valence-corrected chi connectivity index (χ0v) is 18.2. The normalized spacial score (nSPS) is 12.1. The zero-order valence-electron chi connectivity index (χ0n) is 17.4. The molecule has 7 heteroatoms. The van der Waals surface area contributed by atoms with Gasteiger partial charge in [0.2, 0.25) is 0 Å². The van der Waals surface area contributed by atoms with Gasteiger partial charge in [-0.05, 0) is 47.4 Å². The third-order valence-electron chi connectivity index (χ3n) is 5.15. The van der Waals surface area contributed by atoms with E-state index in [1.54, 1.807) is 18.2 Å². The maximum Gasteiger partial charge on any atom is 0.264 e. The molecular weight excluding hydrogens is 414 g/mol. The Labute approximate surface area is 188 Å². The lowest BCUT2D eigenvalue weighted by atomic mass is 10.2. The van der Waals surface area contributed by atoms with E-state index in [2.05, 4.69) is 16.4 Å². The van der Waals surface area contributed by atoms with Gasteiger partial charge in [-0.3, -0.25) is 9.78 Å². The minimum atomic E-state index is -0.0517. The molecule has 1 aromatic heterocycles. The summed E-state index contributed by atoms with van der Waals surface area (Å²) in [6, 6.07) is 17.7. The van der Waals surface area contributed by atoms with Crippen molar-refractivity contribution in [3.8, 4) is 11.5 Å². The highest BCUT2D eigenvalue weighted by atomic mass is 35.5. The lowest BCUT2D eigenvalue weighted by Gasteiger charge is -2.18. The molecule has 0 atom stereocenters. The van der Waals surface area contributed by atoms with E-state index in [1.165, 1.54) is 5.56 Å². The maximum absolute atomic E-state index is 12.7. The van der Waals surface area contributed by atoms with Crippen molar-refractivity contribution in [2.24, 2.45) is 0 Å². The van der Waals surface area contributed by atoms with E-state index in [0.717, 1.165) is 29.8 Å². The number of anilines is 1. The van der Waals surface area contributed by atoms with Crippen LogP contribution in [-0.2, 0) is 24.3 Å². The molecule has 3 aromatic rings. The number of amides is 1. The molecule has 0 bridgehead atoms. The van der Waals surface area contributed by atoms with E-state index in [9.17, 15) is 4.79 Å². The fraction of sp³-hybridized carbons (Fsp3) is 0.250. The first kappa shape index (κ1) is 22.6. The fourth-order valence-electron chi connectivity index (χ4n) is 3.61. The number of carbonyl (C=O) groups excluding carboxylic acids is 1. The van der Waals surface area contributed by atoms with E-state index in [0.29, 0.717) is 24.6 Å². The summed E-state index contributed by atoms with van der Waals surface area (Å²) in [6.45, 7) is 2.10. The topological polar surface area (TPSA) is 63.7 Å². The quantitative estimate of drug-likeness (QED) is 0.578. The largest absolute Gasteiger partial charge is 0.493 e. The summed E-state index contributed by atoms with van der Waals surface area (Å²) in [6.07, 6.45) is 4.49. The van der Waals surface area contributed by atoms with Crippen LogP contribution in [0.2, 0.25) is 0 Å². The lowest BCUT2D eigenvalue weighted by molar-refractivity contribution is -0.120. The van der Waals surface area contributed by atoms with Gasteiger partial charge >= 0.3 is 0 Å². The molecule has 0 spiro atoms. The molecule has 4 rings (SSSR count). The summed E-state index contributed by atoms with van der Waals surface area (Å²) in [5.41, 5.74) is 4.38. The van der Waals surface area contributed by atoms with Crippen molar-refractivity contribution < 1.29 is 14.3 Å². The van der Waals surface area contributed by atoms with Gasteiger partial charge in [-0.15, -0.1) is 12.4 Å². The van der Waals surface area contributed by atoms with E-state index >= 15 is 0 Å². The van der Waals surface area contributed by atoms with Crippen molar-refractivity contribution in [1.29, 1.82) is 0 Å². The minimum Gasteiger partial charge on any atom is -0.493 e. The monoisotopic (exact) mass is 439 g/mol. The van der Waals surface area contributed by atoms with Gasteiger partial charge < -0.3 is 19.7 Å². The minimum absolute atomic E-state index is 0. The average molecular weight is 440 g/mol. The number of hydrogen-bond acceptors (Lipinski definition) is 5. The van der Waals surface area contributed by atoms with Crippen LogP contribution in [-0.4, -0.2) is 31.2 Å². The Balaban J connectivity index is 0.00000272. The van der Waals surface area contributed by atoms with Crippen LogP contribution in [0.5, 0.6) is 11.5 Å². The molecule has 0 radical (unpaired) electrons. The number of hydrogen-bond donors (Lipinski definition) is 1.